The molecule has 88 valence electrons. The molecule has 0 saturated heterocycles. The second-order valence-electron chi connectivity index (χ2n) is 4.29. The highest BCUT2D eigenvalue weighted by Crippen LogP contribution is 2.29. The maximum atomic E-state index is 11.4. The Kier molecular flexibility index (Phi) is 4.86. The van der Waals surface area contributed by atoms with E-state index in [1.807, 2.05) is 13.8 Å². The lowest BCUT2D eigenvalue weighted by atomic mass is 9.97. The molecule has 1 unspecified atom stereocenters. The molecule has 2 rings (SSSR count). The number of amides is 1. The predicted octanol–water partition coefficient (Wildman–Crippen LogP) is 3.28. The molecule has 0 aromatic rings. The number of allylic oxidation sites excluding steroid dienone is 1. The third-order valence-electron chi connectivity index (χ3n) is 2.85. The molecule has 15 heavy (non-hydrogen) atoms. The monoisotopic (exact) mass is 211 g/mol. The molecule has 0 aliphatic heterocycles. The van der Waals surface area contributed by atoms with Crippen molar-refractivity contribution in [2.75, 3.05) is 0 Å². The number of carbonyl (C=O) groups is 1. The first-order valence-electron chi connectivity index (χ1n) is 6.23. The van der Waals surface area contributed by atoms with E-state index in [0.29, 0.717) is 12.0 Å². The highest BCUT2D eigenvalue weighted by molar-refractivity contribution is 5.81. The summed E-state index contributed by atoms with van der Waals surface area (Å²) in [5.41, 5.74) is 1.42. The SMILES string of the molecule is CC.CC1=CC(NC(=O)C2CC2)CCC1.[HH]. The van der Waals surface area contributed by atoms with Gasteiger partial charge >= 0.3 is 0 Å². The van der Waals surface area contributed by atoms with E-state index in [9.17, 15) is 4.79 Å². The molecule has 2 heteroatoms. The first kappa shape index (κ1) is 12.3. The number of nitrogens with one attached hydrogen (secondary N) is 1. The Morgan fingerprint density at radius 3 is 2.60 bits per heavy atom. The molecular weight excluding hydrogens is 186 g/mol. The van der Waals surface area contributed by atoms with Crippen LogP contribution in [0, 0.1) is 5.92 Å². The van der Waals surface area contributed by atoms with Gasteiger partial charge in [0, 0.05) is 13.4 Å². The summed E-state index contributed by atoms with van der Waals surface area (Å²) in [5.74, 6) is 0.617. The van der Waals surface area contributed by atoms with Gasteiger partial charge in [-0.3, -0.25) is 4.79 Å². The maximum Gasteiger partial charge on any atom is 0.223 e. The number of rotatable bonds is 2. The third kappa shape index (κ3) is 4.06. The molecule has 0 bridgehead atoms. The van der Waals surface area contributed by atoms with E-state index in [0.717, 1.165) is 19.3 Å². The van der Waals surface area contributed by atoms with Crippen molar-refractivity contribution < 1.29 is 6.22 Å². The molecule has 2 aliphatic rings. The van der Waals surface area contributed by atoms with Gasteiger partial charge in [0.15, 0.2) is 0 Å². The first-order valence-corrected chi connectivity index (χ1v) is 6.23. The van der Waals surface area contributed by atoms with Crippen LogP contribution in [-0.2, 0) is 4.79 Å². The Balaban J connectivity index is 0.000000711. The van der Waals surface area contributed by atoms with Gasteiger partial charge in [0.1, 0.15) is 0 Å². The van der Waals surface area contributed by atoms with Crippen LogP contribution in [0.1, 0.15) is 54.3 Å². The fourth-order valence-electron chi connectivity index (χ4n) is 1.87. The number of hydrogen-bond acceptors (Lipinski definition) is 1. The average Bonchev–Trinajstić information content (AvgIpc) is 3.04. The molecule has 1 atom stereocenters. The van der Waals surface area contributed by atoms with Crippen molar-refractivity contribution in [2.45, 2.75) is 58.9 Å². The van der Waals surface area contributed by atoms with Crippen molar-refractivity contribution in [3.05, 3.63) is 11.6 Å². The molecule has 0 aromatic carbocycles. The quantitative estimate of drug-likeness (QED) is 0.698. The molecule has 1 saturated carbocycles. The summed E-state index contributed by atoms with van der Waals surface area (Å²) in [6.45, 7) is 6.15. The van der Waals surface area contributed by atoms with Gasteiger partial charge in [-0.15, -0.1) is 0 Å². The van der Waals surface area contributed by atoms with Gasteiger partial charge < -0.3 is 5.32 Å². The van der Waals surface area contributed by atoms with E-state index in [1.54, 1.807) is 0 Å². The molecule has 2 aliphatic carbocycles. The first-order chi connectivity index (χ1) is 7.25. The zero-order chi connectivity index (χ0) is 11.3. The summed E-state index contributed by atoms with van der Waals surface area (Å²) in [7, 11) is 0. The average molecular weight is 211 g/mol. The van der Waals surface area contributed by atoms with E-state index >= 15 is 0 Å². The van der Waals surface area contributed by atoms with Crippen molar-refractivity contribution in [3.63, 3.8) is 0 Å². The van der Waals surface area contributed by atoms with Gasteiger partial charge in [-0.25, -0.2) is 0 Å². The van der Waals surface area contributed by atoms with E-state index < -0.39 is 0 Å². The highest BCUT2D eigenvalue weighted by atomic mass is 16.2. The Morgan fingerprint density at radius 1 is 1.40 bits per heavy atom. The van der Waals surface area contributed by atoms with Crippen molar-refractivity contribution in [2.24, 2.45) is 5.92 Å². The fourth-order valence-corrected chi connectivity index (χ4v) is 1.87. The lowest BCUT2D eigenvalue weighted by Crippen LogP contribution is -2.35. The summed E-state index contributed by atoms with van der Waals surface area (Å²) in [6.07, 6.45) is 7.95. The lowest BCUT2D eigenvalue weighted by Gasteiger charge is -2.20. The van der Waals surface area contributed by atoms with Gasteiger partial charge in [0.05, 0.1) is 0 Å². The van der Waals surface area contributed by atoms with Crippen LogP contribution in [0.15, 0.2) is 11.6 Å². The fraction of sp³-hybridized carbons (Fsp3) is 0.769. The van der Waals surface area contributed by atoms with E-state index in [4.69, 9.17) is 0 Å². The van der Waals surface area contributed by atoms with Gasteiger partial charge in [-0.1, -0.05) is 25.5 Å². The van der Waals surface area contributed by atoms with Crippen molar-refractivity contribution in [1.29, 1.82) is 0 Å². The van der Waals surface area contributed by atoms with Crippen LogP contribution in [0.25, 0.3) is 0 Å². The summed E-state index contributed by atoms with van der Waals surface area (Å²) < 4.78 is 0. The van der Waals surface area contributed by atoms with Crippen molar-refractivity contribution >= 4 is 5.91 Å². The third-order valence-corrected chi connectivity index (χ3v) is 2.85. The summed E-state index contributed by atoms with van der Waals surface area (Å²) in [4.78, 5) is 11.4. The van der Waals surface area contributed by atoms with Crippen LogP contribution in [0.2, 0.25) is 0 Å². The van der Waals surface area contributed by atoms with Crippen LogP contribution in [0.5, 0.6) is 0 Å². The highest BCUT2D eigenvalue weighted by Gasteiger charge is 2.30. The minimum atomic E-state index is 0. The van der Waals surface area contributed by atoms with Gasteiger partial charge in [-0.05, 0) is 39.0 Å². The summed E-state index contributed by atoms with van der Waals surface area (Å²) in [5, 5.41) is 3.10. The molecule has 0 spiro atoms. The Bertz CT molecular complexity index is 246. The maximum absolute atomic E-state index is 11.4. The lowest BCUT2D eigenvalue weighted by molar-refractivity contribution is -0.122. The Labute approximate surface area is 94.6 Å². The van der Waals surface area contributed by atoms with E-state index in [-0.39, 0.29) is 7.33 Å². The minimum Gasteiger partial charge on any atom is -0.350 e. The topological polar surface area (TPSA) is 29.1 Å². The van der Waals surface area contributed by atoms with Gasteiger partial charge in [0.25, 0.3) is 0 Å². The van der Waals surface area contributed by atoms with Crippen molar-refractivity contribution in [1.82, 2.24) is 5.32 Å². The van der Waals surface area contributed by atoms with Crippen molar-refractivity contribution in [3.8, 4) is 0 Å². The van der Waals surface area contributed by atoms with Crippen LogP contribution >= 0.6 is 0 Å². The molecule has 0 heterocycles. The summed E-state index contributed by atoms with van der Waals surface area (Å²) >= 11 is 0. The second-order valence-corrected chi connectivity index (χ2v) is 4.29. The van der Waals surface area contributed by atoms with Crippen LogP contribution in [-0.4, -0.2) is 11.9 Å². The molecular formula is C13H25NO. The Hall–Kier alpha value is -0.790. The van der Waals surface area contributed by atoms with E-state index in [2.05, 4.69) is 18.3 Å². The molecule has 1 amide bonds. The zero-order valence-electron chi connectivity index (χ0n) is 10.2. The van der Waals surface area contributed by atoms with Gasteiger partial charge in [0.2, 0.25) is 5.91 Å². The summed E-state index contributed by atoms with van der Waals surface area (Å²) in [6, 6.07) is 0.321. The number of carbonyl (C=O) groups excluding carboxylic acids is 1. The Morgan fingerprint density at radius 2 is 2.07 bits per heavy atom. The van der Waals surface area contributed by atoms with Crippen LogP contribution in [0.4, 0.5) is 0 Å². The molecule has 0 radical (unpaired) electrons. The molecule has 0 aromatic heterocycles. The largest absolute Gasteiger partial charge is 0.350 e. The van der Waals surface area contributed by atoms with E-state index in [1.165, 1.54) is 18.4 Å². The standard InChI is InChI=1S/C11H17NO.C2H6.H2/c1-8-3-2-4-10(7-8)12-11(13)9-5-6-9;1-2;/h7,9-10H,2-6H2,1H3,(H,12,13);1-2H3;1H. The molecule has 1 N–H and O–H groups in total. The van der Waals surface area contributed by atoms with Crippen LogP contribution < -0.4 is 5.32 Å². The molecule has 1 fully saturated rings. The molecule has 2 nitrogen and oxygen atoms in total. The second kappa shape index (κ2) is 5.94. The minimum absolute atomic E-state index is 0. The van der Waals surface area contributed by atoms with Gasteiger partial charge in [-0.2, -0.15) is 0 Å². The predicted molar refractivity (Wildman–Crippen MR) is 65.7 cm³/mol. The number of hydrogen-bond donors (Lipinski definition) is 1. The zero-order valence-corrected chi connectivity index (χ0v) is 10.2. The smallest absolute Gasteiger partial charge is 0.223 e. The normalized spacial score (nSPS) is 24.7. The van der Waals surface area contributed by atoms with Crippen LogP contribution in [0.3, 0.4) is 0 Å².